The molecule has 6 heteroatoms. The Balaban J connectivity index is 0.878. The molecular weight excluding hydrogens is 865 g/mol. The van der Waals surface area contributed by atoms with E-state index in [0.717, 1.165) is 38.9 Å². The minimum Gasteiger partial charge on any atom is -0.208 e. The minimum absolute atomic E-state index is 0.0166. The van der Waals surface area contributed by atoms with Gasteiger partial charge in [-0.2, -0.15) is 0 Å². The second-order valence-corrected chi connectivity index (χ2v) is 19.4. The maximum absolute atomic E-state index is 5.33. The zero-order valence-corrected chi connectivity index (χ0v) is 39.1. The van der Waals surface area contributed by atoms with Crippen molar-refractivity contribution in [3.8, 4) is 90.6 Å². The van der Waals surface area contributed by atoms with Crippen LogP contribution in [0.1, 0.15) is 70.2 Å². The van der Waals surface area contributed by atoms with Crippen LogP contribution in [0.5, 0.6) is 0 Å². The Bertz CT molecular complexity index is 3860. The summed E-state index contributed by atoms with van der Waals surface area (Å²) in [4.78, 5) is 30.9. The number of rotatable bonds is 7. The monoisotopic (exact) mass is 908 g/mol. The fraction of sp³-hybridized carbons (Fsp3) is 0.0769. The Kier molecular flexibility index (Phi) is 9.27. The Hall–Kier alpha value is -9.00. The van der Waals surface area contributed by atoms with Crippen molar-refractivity contribution in [2.24, 2.45) is 0 Å². The number of hydrogen-bond donors (Lipinski definition) is 0. The van der Waals surface area contributed by atoms with Gasteiger partial charge in [-0.05, 0) is 85.0 Å². The number of aromatic nitrogens is 6. The van der Waals surface area contributed by atoms with Crippen LogP contribution in [0.4, 0.5) is 0 Å². The van der Waals surface area contributed by atoms with Gasteiger partial charge >= 0.3 is 0 Å². The lowest BCUT2D eigenvalue weighted by Crippen LogP contribution is -2.27. The molecule has 0 aliphatic heterocycles. The second kappa shape index (κ2) is 16.0. The zero-order valence-electron chi connectivity index (χ0n) is 39.1. The summed E-state index contributed by atoms with van der Waals surface area (Å²) in [6.07, 6.45) is 0. The van der Waals surface area contributed by atoms with Crippen LogP contribution in [0.25, 0.3) is 90.6 Å². The predicted octanol–water partition coefficient (Wildman–Crippen LogP) is 15.0. The van der Waals surface area contributed by atoms with Gasteiger partial charge in [0.25, 0.3) is 0 Å². The Morgan fingerprint density at radius 2 is 0.620 bits per heavy atom. The molecule has 334 valence electrons. The molecule has 0 radical (unpaired) electrons. The van der Waals surface area contributed by atoms with Gasteiger partial charge in [-0.15, -0.1) is 0 Å². The van der Waals surface area contributed by atoms with Crippen LogP contribution in [-0.2, 0) is 5.41 Å². The summed E-state index contributed by atoms with van der Waals surface area (Å²) in [6.45, 7) is 4.68. The third-order valence-corrected chi connectivity index (χ3v) is 14.9. The van der Waals surface area contributed by atoms with E-state index in [1.807, 2.05) is 54.6 Å². The quantitative estimate of drug-likeness (QED) is 0.159. The molecule has 2 atom stereocenters. The fourth-order valence-electron chi connectivity index (χ4n) is 11.7. The summed E-state index contributed by atoms with van der Waals surface area (Å²) in [5.41, 5.74) is 21.0. The Morgan fingerprint density at radius 1 is 0.268 bits per heavy atom. The van der Waals surface area contributed by atoms with Crippen LogP contribution in [-0.4, -0.2) is 29.9 Å². The van der Waals surface area contributed by atoms with E-state index in [9.17, 15) is 0 Å². The van der Waals surface area contributed by atoms with Gasteiger partial charge < -0.3 is 0 Å². The standard InChI is InChI=1S/C65H44N6/c1-65(2)55-31-15-14-26-47(55)52-30-17-29-46(58(52)65)42-24-16-25-43(36-42)62-67-61(41-22-10-5-11-23-41)70-64(71-62)45-33-35-51-54(38-45)57-49-28-13-12-27-48(49)56(51)53-37-44(32-34-50(53)57)63-68-59(39-18-6-3-7-19-39)66-60(69-63)40-20-8-4-9-21-40/h3-38,56-57H,1-2H3. The first kappa shape index (κ1) is 41.0. The summed E-state index contributed by atoms with van der Waals surface area (Å²) < 4.78 is 0. The third-order valence-electron chi connectivity index (χ3n) is 14.9. The highest BCUT2D eigenvalue weighted by Gasteiger charge is 2.42. The molecule has 2 bridgehead atoms. The molecule has 0 saturated heterocycles. The average Bonchev–Trinajstić information content (AvgIpc) is 3.68. The predicted molar refractivity (Wildman–Crippen MR) is 284 cm³/mol. The first-order valence-corrected chi connectivity index (χ1v) is 24.3. The van der Waals surface area contributed by atoms with Crippen molar-refractivity contribution in [3.05, 3.63) is 263 Å². The molecule has 0 N–H and O–H groups in total. The molecule has 0 fully saturated rings. The maximum Gasteiger partial charge on any atom is 0.164 e. The lowest BCUT2D eigenvalue weighted by Gasteiger charge is -2.42. The molecule has 0 saturated carbocycles. The van der Waals surface area contributed by atoms with Gasteiger partial charge in [0, 0.05) is 50.6 Å². The van der Waals surface area contributed by atoms with Crippen LogP contribution in [0.2, 0.25) is 0 Å². The molecule has 2 unspecified atom stereocenters. The Labute approximate surface area is 412 Å². The molecule has 0 amide bonds. The van der Waals surface area contributed by atoms with Gasteiger partial charge in [0.2, 0.25) is 0 Å². The fourth-order valence-corrected chi connectivity index (χ4v) is 11.7. The molecule has 4 aliphatic rings. The highest BCUT2D eigenvalue weighted by atomic mass is 15.0. The molecule has 11 aromatic rings. The van der Waals surface area contributed by atoms with Crippen molar-refractivity contribution in [2.75, 3.05) is 0 Å². The molecular formula is C65H44N6. The molecule has 4 aliphatic carbocycles. The van der Waals surface area contributed by atoms with E-state index in [-0.39, 0.29) is 17.3 Å². The normalized spacial score (nSPS) is 15.3. The van der Waals surface area contributed by atoms with E-state index >= 15 is 0 Å². The average molecular weight is 909 g/mol. The van der Waals surface area contributed by atoms with Crippen LogP contribution in [0, 0.1) is 0 Å². The van der Waals surface area contributed by atoms with Crippen LogP contribution in [0.3, 0.4) is 0 Å². The molecule has 9 aromatic carbocycles. The number of benzene rings is 9. The van der Waals surface area contributed by atoms with E-state index in [1.54, 1.807) is 0 Å². The van der Waals surface area contributed by atoms with Gasteiger partial charge in [0.15, 0.2) is 34.9 Å². The first-order valence-electron chi connectivity index (χ1n) is 24.3. The topological polar surface area (TPSA) is 77.3 Å². The number of nitrogens with zero attached hydrogens (tertiary/aromatic N) is 6. The van der Waals surface area contributed by atoms with Crippen molar-refractivity contribution in [2.45, 2.75) is 31.1 Å². The molecule has 71 heavy (non-hydrogen) atoms. The lowest BCUT2D eigenvalue weighted by molar-refractivity contribution is 0.662. The van der Waals surface area contributed by atoms with Gasteiger partial charge in [-0.3, -0.25) is 0 Å². The van der Waals surface area contributed by atoms with Crippen molar-refractivity contribution in [1.29, 1.82) is 0 Å². The summed E-state index contributed by atoms with van der Waals surface area (Å²) in [5.74, 6) is 3.90. The number of hydrogen-bond acceptors (Lipinski definition) is 6. The highest BCUT2D eigenvalue weighted by molar-refractivity contribution is 5.89. The minimum atomic E-state index is -0.151. The van der Waals surface area contributed by atoms with E-state index in [0.29, 0.717) is 34.9 Å². The summed E-state index contributed by atoms with van der Waals surface area (Å²) in [6, 6.07) is 77.4. The van der Waals surface area contributed by atoms with Crippen molar-refractivity contribution in [1.82, 2.24) is 29.9 Å². The summed E-state index contributed by atoms with van der Waals surface area (Å²) in [7, 11) is 0. The smallest absolute Gasteiger partial charge is 0.164 e. The Morgan fingerprint density at radius 3 is 1.13 bits per heavy atom. The zero-order chi connectivity index (χ0) is 47.2. The summed E-state index contributed by atoms with van der Waals surface area (Å²) >= 11 is 0. The lowest BCUT2D eigenvalue weighted by atomic mass is 9.61. The molecule has 0 spiro atoms. The van der Waals surface area contributed by atoms with Crippen LogP contribution >= 0.6 is 0 Å². The second-order valence-electron chi connectivity index (χ2n) is 19.4. The van der Waals surface area contributed by atoms with Crippen molar-refractivity contribution < 1.29 is 0 Å². The van der Waals surface area contributed by atoms with E-state index in [2.05, 4.69) is 178 Å². The molecule has 15 rings (SSSR count). The summed E-state index contributed by atoms with van der Waals surface area (Å²) in [5, 5.41) is 0. The molecule has 2 heterocycles. The third kappa shape index (κ3) is 6.63. The van der Waals surface area contributed by atoms with Gasteiger partial charge in [-0.1, -0.05) is 214 Å². The van der Waals surface area contributed by atoms with Gasteiger partial charge in [0.1, 0.15) is 0 Å². The maximum atomic E-state index is 5.33. The first-order chi connectivity index (χ1) is 34.9. The number of fused-ring (bicyclic) bond motifs is 3. The van der Waals surface area contributed by atoms with Gasteiger partial charge in [0.05, 0.1) is 0 Å². The van der Waals surface area contributed by atoms with Crippen molar-refractivity contribution in [3.63, 3.8) is 0 Å². The van der Waals surface area contributed by atoms with Crippen LogP contribution < -0.4 is 0 Å². The van der Waals surface area contributed by atoms with Crippen LogP contribution in [0.15, 0.2) is 218 Å². The highest BCUT2D eigenvalue weighted by Crippen LogP contribution is 2.57. The van der Waals surface area contributed by atoms with E-state index in [4.69, 9.17) is 29.9 Å². The largest absolute Gasteiger partial charge is 0.208 e. The SMILES string of the molecule is CC1(C)c2ccccc2-c2cccc(-c3cccc(-c4nc(-c5ccccc5)nc(-c5ccc6c(c5)C5c7ccccc7C6c6cc(-c7nc(-c8ccccc8)nc(-c8ccccc8)n7)ccc65)n4)c3)c21. The van der Waals surface area contributed by atoms with Crippen molar-refractivity contribution >= 4 is 0 Å². The van der Waals surface area contributed by atoms with E-state index < -0.39 is 0 Å². The molecule has 6 nitrogen and oxygen atoms in total. The van der Waals surface area contributed by atoms with Gasteiger partial charge in [-0.25, -0.2) is 29.9 Å². The van der Waals surface area contributed by atoms with E-state index in [1.165, 1.54) is 61.2 Å². The molecule has 2 aromatic heterocycles.